The average molecular weight is 319 g/mol. The summed E-state index contributed by atoms with van der Waals surface area (Å²) < 4.78 is 7.54. The molecule has 1 aromatic heterocycles. The van der Waals surface area contributed by atoms with Gasteiger partial charge in [0.05, 0.1) is 23.3 Å². The predicted molar refractivity (Wildman–Crippen MR) is 91.5 cm³/mol. The van der Waals surface area contributed by atoms with Gasteiger partial charge in [-0.25, -0.2) is 4.68 Å². The zero-order chi connectivity index (χ0) is 16.5. The molecule has 0 saturated carbocycles. The number of carbonyl (C=O) groups is 1. The van der Waals surface area contributed by atoms with E-state index >= 15 is 0 Å². The van der Waals surface area contributed by atoms with Crippen LogP contribution in [-0.4, -0.2) is 21.8 Å². The molecule has 4 rings (SSSR count). The van der Waals surface area contributed by atoms with Crippen molar-refractivity contribution < 1.29 is 9.53 Å². The second-order valence-corrected chi connectivity index (χ2v) is 5.80. The number of fused-ring (bicyclic) bond motifs is 1. The number of amides is 1. The fourth-order valence-electron chi connectivity index (χ4n) is 2.90. The van der Waals surface area contributed by atoms with Crippen LogP contribution in [0.3, 0.4) is 0 Å². The second-order valence-electron chi connectivity index (χ2n) is 5.80. The highest BCUT2D eigenvalue weighted by Gasteiger charge is 2.29. The van der Waals surface area contributed by atoms with E-state index in [0.717, 1.165) is 22.7 Å². The van der Waals surface area contributed by atoms with Gasteiger partial charge in [0.1, 0.15) is 5.75 Å². The Bertz CT molecular complexity index is 862. The van der Waals surface area contributed by atoms with Gasteiger partial charge in [-0.2, -0.15) is 5.10 Å². The van der Waals surface area contributed by atoms with Gasteiger partial charge in [0.2, 0.25) is 0 Å². The molecule has 5 heteroatoms. The van der Waals surface area contributed by atoms with E-state index in [1.807, 2.05) is 61.5 Å². The number of nitrogens with one attached hydrogen (secondary N) is 1. The van der Waals surface area contributed by atoms with Crippen LogP contribution in [0.4, 0.5) is 5.69 Å². The summed E-state index contributed by atoms with van der Waals surface area (Å²) in [6, 6.07) is 17.6. The molecule has 3 aromatic rings. The highest BCUT2D eigenvalue weighted by atomic mass is 16.5. The lowest BCUT2D eigenvalue weighted by Gasteiger charge is -2.11. The predicted octanol–water partition coefficient (Wildman–Crippen LogP) is 3.12. The molecule has 0 spiro atoms. The van der Waals surface area contributed by atoms with Gasteiger partial charge in [-0.1, -0.05) is 36.4 Å². The van der Waals surface area contributed by atoms with Gasteiger partial charge in [0.25, 0.3) is 5.91 Å². The Morgan fingerprint density at radius 1 is 1.17 bits per heavy atom. The first-order valence-electron chi connectivity index (χ1n) is 7.88. The zero-order valence-corrected chi connectivity index (χ0v) is 13.3. The summed E-state index contributed by atoms with van der Waals surface area (Å²) >= 11 is 0. The highest BCUT2D eigenvalue weighted by molar-refractivity contribution is 5.95. The van der Waals surface area contributed by atoms with Crippen LogP contribution in [0.15, 0.2) is 60.8 Å². The SMILES string of the molecule is Cc1c(NC(=O)C2Cc3ccccc3O2)cnn1-c1ccccc1. The van der Waals surface area contributed by atoms with E-state index in [4.69, 9.17) is 4.74 Å². The molecule has 2 aromatic carbocycles. The molecule has 1 unspecified atom stereocenters. The number of hydrogen-bond donors (Lipinski definition) is 1. The molecule has 0 bridgehead atoms. The van der Waals surface area contributed by atoms with Crippen LogP contribution in [0.2, 0.25) is 0 Å². The monoisotopic (exact) mass is 319 g/mol. The summed E-state index contributed by atoms with van der Waals surface area (Å²) in [5.74, 6) is 0.635. The minimum absolute atomic E-state index is 0.151. The van der Waals surface area contributed by atoms with E-state index in [1.54, 1.807) is 10.9 Å². The zero-order valence-electron chi connectivity index (χ0n) is 13.3. The third kappa shape index (κ3) is 2.54. The number of anilines is 1. The Morgan fingerprint density at radius 3 is 2.71 bits per heavy atom. The average Bonchev–Trinajstić information content (AvgIpc) is 3.20. The van der Waals surface area contributed by atoms with Crippen LogP contribution in [0.1, 0.15) is 11.3 Å². The smallest absolute Gasteiger partial charge is 0.265 e. The molecule has 0 saturated heterocycles. The van der Waals surface area contributed by atoms with Gasteiger partial charge in [-0.3, -0.25) is 4.79 Å². The summed E-state index contributed by atoms with van der Waals surface area (Å²) in [6.45, 7) is 1.93. The normalized spacial score (nSPS) is 15.6. The van der Waals surface area contributed by atoms with Crippen molar-refractivity contribution in [2.45, 2.75) is 19.4 Å². The number of ether oxygens (including phenoxy) is 1. The molecule has 1 amide bonds. The van der Waals surface area contributed by atoms with Crippen molar-refractivity contribution in [3.05, 3.63) is 72.1 Å². The molecule has 1 atom stereocenters. The second kappa shape index (κ2) is 5.85. The summed E-state index contributed by atoms with van der Waals surface area (Å²) in [6.07, 6.45) is 1.76. The Balaban J connectivity index is 1.51. The molecular formula is C19H17N3O2. The van der Waals surface area contributed by atoms with Crippen molar-refractivity contribution in [1.29, 1.82) is 0 Å². The molecule has 24 heavy (non-hydrogen) atoms. The maximum atomic E-state index is 12.5. The van der Waals surface area contributed by atoms with Crippen LogP contribution in [0.5, 0.6) is 5.75 Å². The largest absolute Gasteiger partial charge is 0.480 e. The summed E-state index contributed by atoms with van der Waals surface area (Å²) in [5.41, 5.74) is 3.60. The quantitative estimate of drug-likeness (QED) is 0.807. The molecule has 1 aliphatic heterocycles. The van der Waals surface area contributed by atoms with E-state index in [2.05, 4.69) is 10.4 Å². The fraction of sp³-hybridized carbons (Fsp3) is 0.158. The van der Waals surface area contributed by atoms with Gasteiger partial charge in [-0.15, -0.1) is 0 Å². The third-order valence-electron chi connectivity index (χ3n) is 4.21. The molecule has 1 aliphatic rings. The van der Waals surface area contributed by atoms with Crippen molar-refractivity contribution in [3.8, 4) is 11.4 Å². The van der Waals surface area contributed by atoms with E-state index < -0.39 is 6.10 Å². The lowest BCUT2D eigenvalue weighted by Crippen LogP contribution is -2.31. The van der Waals surface area contributed by atoms with Crippen LogP contribution in [0.25, 0.3) is 5.69 Å². The molecule has 0 radical (unpaired) electrons. The lowest BCUT2D eigenvalue weighted by molar-refractivity contribution is -0.122. The number of aromatic nitrogens is 2. The molecule has 5 nitrogen and oxygen atoms in total. The summed E-state index contributed by atoms with van der Waals surface area (Å²) in [5, 5.41) is 7.30. The minimum Gasteiger partial charge on any atom is -0.480 e. The van der Waals surface area contributed by atoms with Gasteiger partial charge in [0.15, 0.2) is 6.10 Å². The van der Waals surface area contributed by atoms with Gasteiger partial charge < -0.3 is 10.1 Å². The third-order valence-corrected chi connectivity index (χ3v) is 4.21. The first kappa shape index (κ1) is 14.5. The molecule has 120 valence electrons. The number of rotatable bonds is 3. The number of nitrogens with zero attached hydrogens (tertiary/aromatic N) is 2. The molecule has 0 aliphatic carbocycles. The van der Waals surface area contributed by atoms with Crippen molar-refractivity contribution in [2.24, 2.45) is 0 Å². The molecule has 1 N–H and O–H groups in total. The van der Waals surface area contributed by atoms with Crippen molar-refractivity contribution in [3.63, 3.8) is 0 Å². The van der Waals surface area contributed by atoms with E-state index in [1.165, 1.54) is 0 Å². The maximum absolute atomic E-state index is 12.5. The summed E-state index contributed by atoms with van der Waals surface area (Å²) in [7, 11) is 0. The highest BCUT2D eigenvalue weighted by Crippen LogP contribution is 2.29. The number of para-hydroxylation sites is 2. The topological polar surface area (TPSA) is 56.1 Å². The Hall–Kier alpha value is -3.08. The van der Waals surface area contributed by atoms with Crippen LogP contribution in [-0.2, 0) is 11.2 Å². The number of hydrogen-bond acceptors (Lipinski definition) is 3. The van der Waals surface area contributed by atoms with E-state index in [9.17, 15) is 4.79 Å². The molecular weight excluding hydrogens is 302 g/mol. The molecule has 0 fully saturated rings. The fourth-order valence-corrected chi connectivity index (χ4v) is 2.90. The van der Waals surface area contributed by atoms with Crippen molar-refractivity contribution in [1.82, 2.24) is 9.78 Å². The van der Waals surface area contributed by atoms with Gasteiger partial charge in [0, 0.05) is 6.42 Å². The summed E-state index contributed by atoms with van der Waals surface area (Å²) in [4.78, 5) is 12.5. The number of carbonyl (C=O) groups excluding carboxylic acids is 1. The van der Waals surface area contributed by atoms with Crippen molar-refractivity contribution in [2.75, 3.05) is 5.32 Å². The first-order chi connectivity index (χ1) is 11.7. The van der Waals surface area contributed by atoms with E-state index in [-0.39, 0.29) is 5.91 Å². The molecule has 2 heterocycles. The van der Waals surface area contributed by atoms with Crippen LogP contribution < -0.4 is 10.1 Å². The Morgan fingerprint density at radius 2 is 1.92 bits per heavy atom. The Labute approximate surface area is 139 Å². The number of benzene rings is 2. The van der Waals surface area contributed by atoms with Gasteiger partial charge >= 0.3 is 0 Å². The lowest BCUT2D eigenvalue weighted by atomic mass is 10.1. The Kier molecular flexibility index (Phi) is 3.54. The van der Waals surface area contributed by atoms with E-state index in [0.29, 0.717) is 12.1 Å². The van der Waals surface area contributed by atoms with Crippen LogP contribution >= 0.6 is 0 Å². The minimum atomic E-state index is -0.498. The van der Waals surface area contributed by atoms with Crippen molar-refractivity contribution >= 4 is 11.6 Å². The maximum Gasteiger partial charge on any atom is 0.265 e. The van der Waals surface area contributed by atoms with Crippen LogP contribution in [0, 0.1) is 6.92 Å². The standard InChI is InChI=1S/C19H17N3O2/c1-13-16(12-20-22(13)15-8-3-2-4-9-15)21-19(23)18-11-14-7-5-6-10-17(14)24-18/h2-10,12,18H,11H2,1H3,(H,21,23). The van der Waals surface area contributed by atoms with Gasteiger partial charge in [-0.05, 0) is 30.7 Å². The first-order valence-corrected chi connectivity index (χ1v) is 7.88.